The van der Waals surface area contributed by atoms with Gasteiger partial charge in [0.1, 0.15) is 6.33 Å². The molecule has 0 saturated heterocycles. The van der Waals surface area contributed by atoms with Crippen molar-refractivity contribution in [3.05, 3.63) is 84.7 Å². The van der Waals surface area contributed by atoms with E-state index in [0.29, 0.717) is 18.8 Å². The van der Waals surface area contributed by atoms with Crippen LogP contribution in [0.2, 0.25) is 0 Å². The largest absolute Gasteiger partial charge is 0.389 e. The number of nitrogens with zero attached hydrogens (tertiary/aromatic N) is 4. The summed E-state index contributed by atoms with van der Waals surface area (Å²) in [5, 5.41) is 19.0. The average molecular weight is 448 g/mol. The molecule has 0 unspecified atom stereocenters. The summed E-state index contributed by atoms with van der Waals surface area (Å²) in [5.41, 5.74) is 13.5. The van der Waals surface area contributed by atoms with Gasteiger partial charge in [-0.25, -0.2) is 4.98 Å². The van der Waals surface area contributed by atoms with Gasteiger partial charge < -0.3 is 10.8 Å². The van der Waals surface area contributed by atoms with Gasteiger partial charge in [-0.15, -0.1) is 10.2 Å². The Labute approximate surface area is 197 Å². The molecule has 6 nitrogen and oxygen atoms in total. The number of pyridine rings is 2. The van der Waals surface area contributed by atoms with E-state index in [4.69, 9.17) is 10.7 Å². The average Bonchev–Trinajstić information content (AvgIpc) is 3.60. The van der Waals surface area contributed by atoms with Crippen molar-refractivity contribution in [1.82, 2.24) is 19.6 Å². The molecule has 3 aromatic heterocycles. The fourth-order valence-electron chi connectivity index (χ4n) is 5.70. The second-order valence-corrected chi connectivity index (χ2v) is 10.0. The molecule has 0 bridgehead atoms. The molecule has 6 heteroatoms. The minimum absolute atomic E-state index is 0.441. The van der Waals surface area contributed by atoms with E-state index in [-0.39, 0.29) is 0 Å². The lowest BCUT2D eigenvalue weighted by Gasteiger charge is -2.52. The van der Waals surface area contributed by atoms with Gasteiger partial charge >= 0.3 is 0 Å². The van der Waals surface area contributed by atoms with Gasteiger partial charge in [0, 0.05) is 16.7 Å². The number of hydrogen-bond donors (Lipinski definition) is 2. The molecule has 3 N–H and O–H groups in total. The molecule has 2 aliphatic carbocycles. The van der Waals surface area contributed by atoms with Crippen molar-refractivity contribution in [2.75, 3.05) is 0 Å². The lowest BCUT2D eigenvalue weighted by molar-refractivity contribution is -0.106. The van der Waals surface area contributed by atoms with Crippen LogP contribution in [0.4, 0.5) is 0 Å². The molecule has 2 aliphatic rings. The van der Waals surface area contributed by atoms with Crippen molar-refractivity contribution >= 4 is 16.7 Å². The van der Waals surface area contributed by atoms with Crippen LogP contribution in [0.5, 0.6) is 0 Å². The summed E-state index contributed by atoms with van der Waals surface area (Å²) >= 11 is 0. The van der Waals surface area contributed by atoms with Crippen LogP contribution in [0.1, 0.15) is 31.2 Å². The number of benzene rings is 2. The van der Waals surface area contributed by atoms with Crippen LogP contribution < -0.4 is 5.73 Å². The van der Waals surface area contributed by atoms with Gasteiger partial charge in [-0.3, -0.25) is 4.40 Å². The number of rotatable bonds is 4. The number of aromatic nitrogens is 4. The smallest absolute Gasteiger partial charge is 0.161 e. The van der Waals surface area contributed by atoms with Crippen LogP contribution in [0.25, 0.3) is 39.1 Å². The summed E-state index contributed by atoms with van der Waals surface area (Å²) in [5.74, 6) is 0.441. The van der Waals surface area contributed by atoms with Crippen molar-refractivity contribution in [3.63, 3.8) is 0 Å². The van der Waals surface area contributed by atoms with Crippen LogP contribution in [-0.4, -0.2) is 30.3 Å². The normalized spacial score (nSPS) is 24.4. The maximum atomic E-state index is 10.8. The molecule has 2 fully saturated rings. The van der Waals surface area contributed by atoms with Crippen molar-refractivity contribution in [3.8, 4) is 22.4 Å². The Balaban J connectivity index is 1.33. The Kier molecular flexibility index (Phi) is 4.05. The van der Waals surface area contributed by atoms with E-state index in [1.165, 1.54) is 0 Å². The minimum Gasteiger partial charge on any atom is -0.389 e. The lowest BCUT2D eigenvalue weighted by atomic mass is 9.60. The Morgan fingerprint density at radius 3 is 2.41 bits per heavy atom. The number of fused-ring (bicyclic) bond motifs is 3. The zero-order valence-corrected chi connectivity index (χ0v) is 18.7. The van der Waals surface area contributed by atoms with Gasteiger partial charge in [0.05, 0.1) is 22.3 Å². The van der Waals surface area contributed by atoms with Crippen LogP contribution in [0, 0.1) is 5.92 Å². The molecule has 0 radical (unpaired) electrons. The molecule has 34 heavy (non-hydrogen) atoms. The maximum absolute atomic E-state index is 10.8. The van der Waals surface area contributed by atoms with Gasteiger partial charge in [-0.05, 0) is 60.9 Å². The van der Waals surface area contributed by atoms with E-state index >= 15 is 0 Å². The molecule has 0 atom stereocenters. The van der Waals surface area contributed by atoms with Gasteiger partial charge in [0.25, 0.3) is 0 Å². The number of nitrogens with two attached hydrogens (primary N) is 1. The summed E-state index contributed by atoms with van der Waals surface area (Å²) in [6, 6.07) is 24.8. The molecule has 3 heterocycles. The SMILES string of the molecule is N[C@]1(c2ccc(-c3nc4ccc5nncn5c4cc3-c3ccccc3)cc2)C[C@](O)(C2CC2)C1. The molecule has 168 valence electrons. The van der Waals surface area contributed by atoms with Crippen molar-refractivity contribution in [2.45, 2.75) is 36.8 Å². The Hall–Kier alpha value is -3.61. The second kappa shape index (κ2) is 6.95. The lowest BCUT2D eigenvalue weighted by Crippen LogP contribution is -2.60. The number of aliphatic hydroxyl groups is 1. The first-order valence-electron chi connectivity index (χ1n) is 11.8. The molecule has 7 rings (SSSR count). The highest BCUT2D eigenvalue weighted by molar-refractivity contribution is 5.91. The second-order valence-electron chi connectivity index (χ2n) is 10.0. The molecule has 0 amide bonds. The van der Waals surface area contributed by atoms with Crippen LogP contribution in [-0.2, 0) is 5.54 Å². The molecule has 2 saturated carbocycles. The standard InChI is InChI=1S/C28H25N5O/c29-27(15-28(34,16-27)21-10-11-21)20-8-6-19(7-9-20)26-22(18-4-2-1-3-5-18)14-24-23(31-26)12-13-25-32-30-17-33(24)25/h1-9,12-14,17,21,34H,10-11,15-16,29H2/t27-,28-. The summed E-state index contributed by atoms with van der Waals surface area (Å²) in [6.07, 6.45) is 5.27. The highest BCUT2D eigenvalue weighted by Gasteiger charge is 2.58. The molecule has 0 spiro atoms. The molecule has 0 aliphatic heterocycles. The minimum atomic E-state index is -0.568. The van der Waals surface area contributed by atoms with E-state index in [0.717, 1.165) is 57.5 Å². The summed E-state index contributed by atoms with van der Waals surface area (Å²) in [6.45, 7) is 0. The zero-order valence-electron chi connectivity index (χ0n) is 18.7. The van der Waals surface area contributed by atoms with Crippen molar-refractivity contribution in [2.24, 2.45) is 11.7 Å². The van der Waals surface area contributed by atoms with Gasteiger partial charge in [0.15, 0.2) is 5.65 Å². The first-order valence-corrected chi connectivity index (χ1v) is 11.8. The molecular weight excluding hydrogens is 422 g/mol. The van der Waals surface area contributed by atoms with Gasteiger partial charge in [-0.2, -0.15) is 0 Å². The fourth-order valence-corrected chi connectivity index (χ4v) is 5.70. The zero-order chi connectivity index (χ0) is 22.9. The highest BCUT2D eigenvalue weighted by Crippen LogP contribution is 2.57. The van der Waals surface area contributed by atoms with E-state index < -0.39 is 11.1 Å². The molecule has 5 aromatic rings. The topological polar surface area (TPSA) is 89.3 Å². The third kappa shape index (κ3) is 2.99. The van der Waals surface area contributed by atoms with E-state index in [2.05, 4.69) is 52.7 Å². The predicted octanol–water partition coefficient (Wildman–Crippen LogP) is 4.70. The molecule has 2 aromatic carbocycles. The van der Waals surface area contributed by atoms with E-state index in [9.17, 15) is 5.11 Å². The van der Waals surface area contributed by atoms with Gasteiger partial charge in [0.2, 0.25) is 0 Å². The van der Waals surface area contributed by atoms with Crippen LogP contribution >= 0.6 is 0 Å². The third-order valence-electron chi connectivity index (χ3n) is 7.65. The highest BCUT2D eigenvalue weighted by atomic mass is 16.3. The summed E-state index contributed by atoms with van der Waals surface area (Å²) < 4.78 is 1.97. The predicted molar refractivity (Wildman–Crippen MR) is 132 cm³/mol. The quantitative estimate of drug-likeness (QED) is 0.417. The Morgan fingerprint density at radius 2 is 1.68 bits per heavy atom. The van der Waals surface area contributed by atoms with Gasteiger partial charge in [-0.1, -0.05) is 54.6 Å². The first-order chi connectivity index (χ1) is 16.5. The van der Waals surface area contributed by atoms with Crippen molar-refractivity contribution in [1.29, 1.82) is 0 Å². The third-order valence-corrected chi connectivity index (χ3v) is 7.65. The number of hydrogen-bond acceptors (Lipinski definition) is 5. The summed E-state index contributed by atoms with van der Waals surface area (Å²) in [7, 11) is 0. The van der Waals surface area contributed by atoms with Crippen LogP contribution in [0.15, 0.2) is 79.1 Å². The fraction of sp³-hybridized carbons (Fsp3) is 0.250. The Morgan fingerprint density at radius 1 is 0.912 bits per heavy atom. The van der Waals surface area contributed by atoms with Crippen LogP contribution in [0.3, 0.4) is 0 Å². The monoisotopic (exact) mass is 447 g/mol. The molecular formula is C28H25N5O. The Bertz CT molecular complexity index is 1530. The van der Waals surface area contributed by atoms with E-state index in [1.54, 1.807) is 6.33 Å². The van der Waals surface area contributed by atoms with E-state index in [1.807, 2.05) is 34.7 Å². The maximum Gasteiger partial charge on any atom is 0.161 e. The first kappa shape index (κ1) is 19.8. The van der Waals surface area contributed by atoms with Crippen molar-refractivity contribution < 1.29 is 5.11 Å². The summed E-state index contributed by atoms with van der Waals surface area (Å²) in [4.78, 5) is 5.08.